The topological polar surface area (TPSA) is 94.1 Å². The van der Waals surface area contributed by atoms with Crippen molar-refractivity contribution in [2.75, 3.05) is 5.32 Å². The zero-order valence-corrected chi connectivity index (χ0v) is 12.7. The molecule has 0 aromatic carbocycles. The summed E-state index contributed by atoms with van der Waals surface area (Å²) in [5.41, 5.74) is 0.164. The molecular weight excluding hydrogens is 304 g/mol. The fourth-order valence-corrected chi connectivity index (χ4v) is 2.59. The Morgan fingerprint density at radius 1 is 1.36 bits per heavy atom. The Balaban J connectivity index is 1.65. The molecule has 0 aliphatic rings. The number of aryl methyl sites for hydroxylation is 1. The lowest BCUT2D eigenvalue weighted by Crippen LogP contribution is -2.11. The van der Waals surface area contributed by atoms with Crippen molar-refractivity contribution in [3.05, 3.63) is 35.2 Å². The van der Waals surface area contributed by atoms with Gasteiger partial charge in [-0.2, -0.15) is 0 Å². The summed E-state index contributed by atoms with van der Waals surface area (Å²) < 4.78 is 10.3. The first-order valence-electron chi connectivity index (χ1n) is 6.90. The van der Waals surface area contributed by atoms with Gasteiger partial charge in [0.15, 0.2) is 11.5 Å². The smallest absolute Gasteiger partial charge is 0.279 e. The molecule has 0 radical (unpaired) electrons. The van der Waals surface area contributed by atoms with Crippen LogP contribution in [-0.4, -0.2) is 21.3 Å². The highest BCUT2D eigenvalue weighted by molar-refractivity contribution is 7.15. The number of carbonyl (C=O) groups is 1. The molecule has 3 aromatic heterocycles. The second-order valence-electron chi connectivity index (χ2n) is 4.61. The molecule has 0 fully saturated rings. The van der Waals surface area contributed by atoms with Crippen LogP contribution in [-0.2, 0) is 6.42 Å². The molecule has 0 bridgehead atoms. The minimum atomic E-state index is -0.389. The number of anilines is 1. The van der Waals surface area contributed by atoms with Gasteiger partial charge < -0.3 is 8.94 Å². The van der Waals surface area contributed by atoms with E-state index in [9.17, 15) is 4.79 Å². The summed E-state index contributed by atoms with van der Waals surface area (Å²) in [4.78, 5) is 12.1. The zero-order valence-electron chi connectivity index (χ0n) is 11.9. The molecule has 3 heterocycles. The summed E-state index contributed by atoms with van der Waals surface area (Å²) >= 11 is 1.37. The Morgan fingerprint density at radius 2 is 2.27 bits per heavy atom. The average molecular weight is 318 g/mol. The van der Waals surface area contributed by atoms with Gasteiger partial charge in [-0.15, -0.1) is 10.2 Å². The van der Waals surface area contributed by atoms with E-state index in [0.29, 0.717) is 16.7 Å². The number of unbranched alkanes of at least 4 members (excludes halogenated alkanes) is 1. The first-order chi connectivity index (χ1) is 10.8. The third kappa shape index (κ3) is 3.22. The van der Waals surface area contributed by atoms with Gasteiger partial charge in [0.05, 0.1) is 6.26 Å². The largest absolute Gasteiger partial charge is 0.461 e. The molecule has 0 unspecified atom stereocenters. The standard InChI is InChI=1S/C14H14N4O3S/c1-2-3-6-12-16-17-14(22-12)15-13(19)9-8-11(21-18-9)10-5-4-7-20-10/h4-5,7-8H,2-3,6H2,1H3,(H,15,17,19). The minimum Gasteiger partial charge on any atom is -0.461 e. The number of nitrogens with one attached hydrogen (secondary N) is 1. The second-order valence-corrected chi connectivity index (χ2v) is 5.67. The summed E-state index contributed by atoms with van der Waals surface area (Å²) in [6.45, 7) is 2.12. The van der Waals surface area contributed by atoms with Crippen molar-refractivity contribution in [2.45, 2.75) is 26.2 Å². The Labute approximate surface area is 130 Å². The molecule has 0 atom stereocenters. The summed E-state index contributed by atoms with van der Waals surface area (Å²) in [7, 11) is 0. The van der Waals surface area contributed by atoms with Gasteiger partial charge in [0.2, 0.25) is 10.9 Å². The molecule has 7 nitrogen and oxygen atoms in total. The lowest BCUT2D eigenvalue weighted by Gasteiger charge is -1.94. The van der Waals surface area contributed by atoms with Crippen molar-refractivity contribution in [3.63, 3.8) is 0 Å². The van der Waals surface area contributed by atoms with Gasteiger partial charge in [0.1, 0.15) is 5.01 Å². The summed E-state index contributed by atoms with van der Waals surface area (Å²) in [6, 6.07) is 4.98. The molecule has 1 N–H and O–H groups in total. The Bertz CT molecular complexity index is 748. The normalized spacial score (nSPS) is 10.8. The van der Waals surface area contributed by atoms with Crippen molar-refractivity contribution in [3.8, 4) is 11.5 Å². The van der Waals surface area contributed by atoms with E-state index in [4.69, 9.17) is 8.94 Å². The average Bonchev–Trinajstić information content (AvgIpc) is 3.25. The van der Waals surface area contributed by atoms with E-state index in [2.05, 4.69) is 27.6 Å². The highest BCUT2D eigenvalue weighted by Gasteiger charge is 2.16. The minimum absolute atomic E-state index is 0.164. The van der Waals surface area contributed by atoms with Crippen LogP contribution >= 0.6 is 11.3 Å². The summed E-state index contributed by atoms with van der Waals surface area (Å²) in [5.74, 6) is 0.528. The van der Waals surface area contributed by atoms with Crippen LogP contribution in [0, 0.1) is 0 Å². The highest BCUT2D eigenvalue weighted by atomic mass is 32.1. The van der Waals surface area contributed by atoms with Gasteiger partial charge in [-0.3, -0.25) is 10.1 Å². The molecule has 1 amide bonds. The maximum absolute atomic E-state index is 12.1. The van der Waals surface area contributed by atoms with Crippen molar-refractivity contribution in [1.82, 2.24) is 15.4 Å². The van der Waals surface area contributed by atoms with Crippen molar-refractivity contribution >= 4 is 22.4 Å². The Morgan fingerprint density at radius 3 is 3.05 bits per heavy atom. The van der Waals surface area contributed by atoms with Crippen LogP contribution < -0.4 is 5.32 Å². The van der Waals surface area contributed by atoms with E-state index >= 15 is 0 Å². The van der Waals surface area contributed by atoms with E-state index in [-0.39, 0.29) is 11.6 Å². The van der Waals surface area contributed by atoms with Gasteiger partial charge >= 0.3 is 0 Å². The van der Waals surface area contributed by atoms with Crippen LogP contribution in [0.4, 0.5) is 5.13 Å². The van der Waals surface area contributed by atoms with Gasteiger partial charge in [0.25, 0.3) is 5.91 Å². The monoisotopic (exact) mass is 318 g/mol. The Kier molecular flexibility index (Phi) is 4.29. The van der Waals surface area contributed by atoms with E-state index in [1.807, 2.05) is 0 Å². The van der Waals surface area contributed by atoms with Crippen LogP contribution in [0.5, 0.6) is 0 Å². The third-order valence-electron chi connectivity index (χ3n) is 2.94. The van der Waals surface area contributed by atoms with E-state index in [1.165, 1.54) is 23.7 Å². The number of aromatic nitrogens is 3. The van der Waals surface area contributed by atoms with Crippen LogP contribution in [0.3, 0.4) is 0 Å². The van der Waals surface area contributed by atoms with Crippen LogP contribution in [0.25, 0.3) is 11.5 Å². The predicted molar refractivity (Wildman–Crippen MR) is 80.7 cm³/mol. The van der Waals surface area contributed by atoms with E-state index < -0.39 is 0 Å². The third-order valence-corrected chi connectivity index (χ3v) is 3.84. The lowest BCUT2D eigenvalue weighted by molar-refractivity contribution is 0.101. The number of hydrogen-bond donors (Lipinski definition) is 1. The van der Waals surface area contributed by atoms with Crippen LogP contribution in [0.15, 0.2) is 33.4 Å². The van der Waals surface area contributed by atoms with Crippen LogP contribution in [0.2, 0.25) is 0 Å². The molecule has 0 aliphatic carbocycles. The van der Waals surface area contributed by atoms with Gasteiger partial charge in [0, 0.05) is 12.5 Å². The number of amides is 1. The molecule has 0 aliphatic heterocycles. The lowest BCUT2D eigenvalue weighted by atomic mass is 10.3. The molecule has 8 heteroatoms. The number of nitrogens with zero attached hydrogens (tertiary/aromatic N) is 3. The Hall–Kier alpha value is -2.48. The molecule has 0 saturated heterocycles. The van der Waals surface area contributed by atoms with Gasteiger partial charge in [-0.05, 0) is 18.6 Å². The maximum Gasteiger partial charge on any atom is 0.279 e. The molecule has 0 spiro atoms. The molecule has 0 saturated carbocycles. The molecule has 3 rings (SSSR count). The molecular formula is C14H14N4O3S. The number of rotatable bonds is 6. The number of hydrogen-bond acceptors (Lipinski definition) is 7. The summed E-state index contributed by atoms with van der Waals surface area (Å²) in [5, 5.41) is 15.8. The SMILES string of the molecule is CCCCc1nnc(NC(=O)c2cc(-c3ccco3)on2)s1. The molecule has 22 heavy (non-hydrogen) atoms. The second kappa shape index (κ2) is 6.52. The van der Waals surface area contributed by atoms with Crippen molar-refractivity contribution in [2.24, 2.45) is 0 Å². The first kappa shape index (κ1) is 14.5. The molecule has 3 aromatic rings. The maximum atomic E-state index is 12.1. The van der Waals surface area contributed by atoms with Crippen molar-refractivity contribution < 1.29 is 13.7 Å². The van der Waals surface area contributed by atoms with E-state index in [1.54, 1.807) is 12.1 Å². The van der Waals surface area contributed by atoms with Gasteiger partial charge in [-0.1, -0.05) is 29.8 Å². The van der Waals surface area contributed by atoms with Gasteiger partial charge in [-0.25, -0.2) is 0 Å². The first-order valence-corrected chi connectivity index (χ1v) is 7.72. The summed E-state index contributed by atoms with van der Waals surface area (Å²) in [6.07, 6.45) is 4.54. The number of furan rings is 1. The van der Waals surface area contributed by atoms with E-state index in [0.717, 1.165) is 24.3 Å². The quantitative estimate of drug-likeness (QED) is 0.748. The molecule has 114 valence electrons. The van der Waals surface area contributed by atoms with Crippen molar-refractivity contribution in [1.29, 1.82) is 0 Å². The zero-order chi connectivity index (χ0) is 15.4. The fourth-order valence-electron chi connectivity index (χ4n) is 1.81. The van der Waals surface area contributed by atoms with Crippen LogP contribution in [0.1, 0.15) is 35.3 Å². The highest BCUT2D eigenvalue weighted by Crippen LogP contribution is 2.22. The fraction of sp³-hybridized carbons (Fsp3) is 0.286. The predicted octanol–water partition coefficient (Wildman–Crippen LogP) is 3.38. The number of carbonyl (C=O) groups excluding carboxylic acids is 1.